The number of benzene rings is 1. The molecule has 24 heavy (non-hydrogen) atoms. The molecular weight excluding hydrogens is 290 g/mol. The average Bonchev–Trinajstić information content (AvgIpc) is 2.62. The molecule has 0 atom stereocenters. The van der Waals surface area contributed by atoms with E-state index in [0.717, 1.165) is 19.6 Å². The Morgan fingerprint density at radius 3 is 1.54 bits per heavy atom. The monoisotopic (exact) mass is 331 g/mol. The lowest BCUT2D eigenvalue weighted by atomic mass is 10.0. The van der Waals surface area contributed by atoms with E-state index in [1.807, 2.05) is 0 Å². The van der Waals surface area contributed by atoms with Gasteiger partial charge >= 0.3 is 0 Å². The maximum atomic E-state index is 2.47. The van der Waals surface area contributed by atoms with E-state index in [1.54, 1.807) is 0 Å². The van der Waals surface area contributed by atoms with Gasteiger partial charge in [-0.1, -0.05) is 103 Å². The third-order valence-corrected chi connectivity index (χ3v) is 5.14. The number of hydrogen-bond acceptors (Lipinski definition) is 1. The third kappa shape index (κ3) is 10.1. The summed E-state index contributed by atoms with van der Waals surface area (Å²) in [6.07, 6.45) is 15.4. The minimum absolute atomic E-state index is 1.09. The van der Waals surface area contributed by atoms with E-state index in [9.17, 15) is 0 Å². The maximum absolute atomic E-state index is 2.47. The first-order chi connectivity index (χ1) is 11.8. The molecule has 0 spiro atoms. The molecule has 0 aromatic heterocycles. The molecule has 0 aliphatic carbocycles. The van der Waals surface area contributed by atoms with Gasteiger partial charge in [0.25, 0.3) is 0 Å². The van der Waals surface area contributed by atoms with Crippen LogP contribution >= 0.6 is 0 Å². The highest BCUT2D eigenvalue weighted by Crippen LogP contribution is 2.13. The molecule has 1 aromatic carbocycles. The highest BCUT2D eigenvalue weighted by molar-refractivity contribution is 5.22. The van der Waals surface area contributed by atoms with Gasteiger partial charge in [0.2, 0.25) is 0 Å². The van der Waals surface area contributed by atoms with E-state index >= 15 is 0 Å². The van der Waals surface area contributed by atoms with Crippen molar-refractivity contribution in [2.45, 2.75) is 97.9 Å². The summed E-state index contributed by atoms with van der Waals surface area (Å²) in [6.45, 7) is 10.1. The molecule has 1 rings (SSSR count). The number of nitrogens with zero attached hydrogens (tertiary/aromatic N) is 1. The van der Waals surface area contributed by atoms with Crippen LogP contribution in [0.3, 0.4) is 0 Å². The summed E-state index contributed by atoms with van der Waals surface area (Å²) in [4.78, 5) is 2.47. The summed E-state index contributed by atoms with van der Waals surface area (Å²) >= 11 is 0. The van der Waals surface area contributed by atoms with Crippen molar-refractivity contribution in [1.82, 2.24) is 4.90 Å². The number of aryl methyl sites for hydroxylation is 1. The summed E-state index contributed by atoms with van der Waals surface area (Å²) in [5, 5.41) is 0. The van der Waals surface area contributed by atoms with Crippen LogP contribution in [-0.2, 0) is 13.0 Å². The van der Waals surface area contributed by atoms with Crippen molar-refractivity contribution < 1.29 is 0 Å². The SMILES string of the molecule is CCCCCCCCCCCCc1ccc(CN(CC)CC)cc1. The number of rotatable bonds is 15. The highest BCUT2D eigenvalue weighted by atomic mass is 15.1. The normalized spacial score (nSPS) is 11.3. The van der Waals surface area contributed by atoms with Crippen LogP contribution in [0.25, 0.3) is 0 Å². The second kappa shape index (κ2) is 14.5. The predicted octanol–water partition coefficient (Wildman–Crippen LogP) is 6.99. The van der Waals surface area contributed by atoms with Crippen LogP contribution in [0.5, 0.6) is 0 Å². The van der Waals surface area contributed by atoms with Crippen LogP contribution in [0.1, 0.15) is 96.1 Å². The Morgan fingerprint density at radius 1 is 0.583 bits per heavy atom. The van der Waals surface area contributed by atoms with E-state index < -0.39 is 0 Å². The second-order valence-corrected chi connectivity index (χ2v) is 7.21. The predicted molar refractivity (Wildman–Crippen MR) is 109 cm³/mol. The molecule has 0 saturated heterocycles. The lowest BCUT2D eigenvalue weighted by molar-refractivity contribution is 0.296. The van der Waals surface area contributed by atoms with Crippen molar-refractivity contribution in [3.63, 3.8) is 0 Å². The number of unbranched alkanes of at least 4 members (excludes halogenated alkanes) is 9. The van der Waals surface area contributed by atoms with Gasteiger partial charge in [-0.15, -0.1) is 0 Å². The van der Waals surface area contributed by atoms with Crippen LogP contribution < -0.4 is 0 Å². The van der Waals surface area contributed by atoms with Gasteiger partial charge in [-0.3, -0.25) is 4.90 Å². The van der Waals surface area contributed by atoms with Gasteiger partial charge in [0, 0.05) is 6.54 Å². The quantitative estimate of drug-likeness (QED) is 0.313. The summed E-state index contributed by atoms with van der Waals surface area (Å²) in [7, 11) is 0. The number of hydrogen-bond donors (Lipinski definition) is 0. The van der Waals surface area contributed by atoms with Crippen LogP contribution in [0.15, 0.2) is 24.3 Å². The van der Waals surface area contributed by atoms with Gasteiger partial charge in [-0.2, -0.15) is 0 Å². The Kier molecular flexibility index (Phi) is 12.8. The molecule has 0 saturated carbocycles. The molecule has 1 nitrogen and oxygen atoms in total. The standard InChI is InChI=1S/C23H41N/c1-4-7-8-9-10-11-12-13-14-15-16-22-17-19-23(20-18-22)21-24(5-2)6-3/h17-20H,4-16,21H2,1-3H3. The molecule has 0 unspecified atom stereocenters. The summed E-state index contributed by atoms with van der Waals surface area (Å²) in [6, 6.07) is 9.33. The molecule has 0 amide bonds. The minimum Gasteiger partial charge on any atom is -0.300 e. The molecule has 0 radical (unpaired) electrons. The van der Waals surface area contributed by atoms with Crippen LogP contribution in [0.2, 0.25) is 0 Å². The highest BCUT2D eigenvalue weighted by Gasteiger charge is 2.01. The molecule has 0 fully saturated rings. The van der Waals surface area contributed by atoms with Crippen LogP contribution in [0.4, 0.5) is 0 Å². The largest absolute Gasteiger partial charge is 0.300 e. The van der Waals surface area contributed by atoms with E-state index in [4.69, 9.17) is 0 Å². The van der Waals surface area contributed by atoms with Gasteiger partial charge < -0.3 is 0 Å². The maximum Gasteiger partial charge on any atom is 0.0233 e. The van der Waals surface area contributed by atoms with E-state index in [-0.39, 0.29) is 0 Å². The third-order valence-electron chi connectivity index (χ3n) is 5.14. The minimum atomic E-state index is 1.09. The van der Waals surface area contributed by atoms with Crippen molar-refractivity contribution in [2.75, 3.05) is 13.1 Å². The Labute approximate surface area is 151 Å². The summed E-state index contributed by atoms with van der Waals surface area (Å²) in [5.41, 5.74) is 2.96. The molecule has 138 valence electrons. The molecule has 0 aliphatic rings. The van der Waals surface area contributed by atoms with E-state index in [1.165, 1.54) is 81.8 Å². The van der Waals surface area contributed by atoms with Crippen molar-refractivity contribution >= 4 is 0 Å². The Hall–Kier alpha value is -0.820. The first kappa shape index (κ1) is 21.2. The van der Waals surface area contributed by atoms with Crippen molar-refractivity contribution in [3.8, 4) is 0 Å². The van der Waals surface area contributed by atoms with Crippen molar-refractivity contribution in [3.05, 3.63) is 35.4 Å². The first-order valence-corrected chi connectivity index (χ1v) is 10.6. The fraction of sp³-hybridized carbons (Fsp3) is 0.739. The van der Waals surface area contributed by atoms with Crippen molar-refractivity contribution in [2.24, 2.45) is 0 Å². The van der Waals surface area contributed by atoms with Gasteiger partial charge in [0.1, 0.15) is 0 Å². The molecule has 0 bridgehead atoms. The fourth-order valence-electron chi connectivity index (χ4n) is 3.33. The first-order valence-electron chi connectivity index (χ1n) is 10.6. The lowest BCUT2D eigenvalue weighted by Crippen LogP contribution is -2.21. The Morgan fingerprint density at radius 2 is 1.04 bits per heavy atom. The van der Waals surface area contributed by atoms with Gasteiger partial charge in [-0.05, 0) is 37.1 Å². The molecular formula is C23H41N. The zero-order chi connectivity index (χ0) is 17.5. The summed E-state index contributed by atoms with van der Waals surface area (Å²) in [5.74, 6) is 0. The Balaban J connectivity index is 2.05. The second-order valence-electron chi connectivity index (χ2n) is 7.21. The van der Waals surface area contributed by atoms with Crippen LogP contribution in [-0.4, -0.2) is 18.0 Å². The topological polar surface area (TPSA) is 3.24 Å². The van der Waals surface area contributed by atoms with Gasteiger partial charge in [0.15, 0.2) is 0 Å². The zero-order valence-electron chi connectivity index (χ0n) is 16.7. The van der Waals surface area contributed by atoms with E-state index in [2.05, 4.69) is 49.9 Å². The Bertz CT molecular complexity index is 378. The van der Waals surface area contributed by atoms with Crippen LogP contribution in [0, 0.1) is 0 Å². The lowest BCUT2D eigenvalue weighted by Gasteiger charge is -2.18. The zero-order valence-corrected chi connectivity index (χ0v) is 16.7. The molecule has 0 heterocycles. The molecule has 1 aromatic rings. The molecule has 0 N–H and O–H groups in total. The molecule has 0 aliphatic heterocycles. The van der Waals surface area contributed by atoms with E-state index in [0.29, 0.717) is 0 Å². The van der Waals surface area contributed by atoms with Gasteiger partial charge in [0.05, 0.1) is 0 Å². The average molecular weight is 332 g/mol. The van der Waals surface area contributed by atoms with Gasteiger partial charge in [-0.25, -0.2) is 0 Å². The summed E-state index contributed by atoms with van der Waals surface area (Å²) < 4.78 is 0. The molecule has 1 heteroatoms. The smallest absolute Gasteiger partial charge is 0.0233 e. The van der Waals surface area contributed by atoms with Crippen molar-refractivity contribution in [1.29, 1.82) is 0 Å². The fourth-order valence-corrected chi connectivity index (χ4v) is 3.33.